The van der Waals surface area contributed by atoms with E-state index >= 15 is 0 Å². The lowest BCUT2D eigenvalue weighted by molar-refractivity contribution is -0.116. The fourth-order valence-electron chi connectivity index (χ4n) is 2.52. The van der Waals surface area contributed by atoms with E-state index in [0.29, 0.717) is 17.8 Å². The molecule has 2 N–H and O–H groups in total. The molecule has 1 amide bonds. The van der Waals surface area contributed by atoms with Gasteiger partial charge in [-0.3, -0.25) is 4.79 Å². The standard InChI is InChI=1S/C16H24FN3O/c1-11(2)20(3)15-7-6-13(9-14(15)17)19-16(21)10-12-5-4-8-18-12/h6-7,9,11-12,18H,4-5,8,10H2,1-3H3,(H,19,21). The van der Waals surface area contributed by atoms with E-state index < -0.39 is 0 Å². The number of rotatable bonds is 5. The Morgan fingerprint density at radius 1 is 1.52 bits per heavy atom. The number of carbonyl (C=O) groups is 1. The van der Waals surface area contributed by atoms with E-state index in [0.717, 1.165) is 19.4 Å². The van der Waals surface area contributed by atoms with Gasteiger partial charge >= 0.3 is 0 Å². The summed E-state index contributed by atoms with van der Waals surface area (Å²) in [5, 5.41) is 6.05. The highest BCUT2D eigenvalue weighted by atomic mass is 19.1. The quantitative estimate of drug-likeness (QED) is 0.877. The van der Waals surface area contributed by atoms with Crippen molar-refractivity contribution in [2.45, 2.75) is 45.2 Å². The second-order valence-corrected chi connectivity index (χ2v) is 5.92. The van der Waals surface area contributed by atoms with E-state index in [2.05, 4.69) is 10.6 Å². The number of carbonyl (C=O) groups excluding carboxylic acids is 1. The molecule has 2 rings (SSSR count). The minimum atomic E-state index is -0.317. The van der Waals surface area contributed by atoms with Gasteiger partial charge in [-0.05, 0) is 51.4 Å². The largest absolute Gasteiger partial charge is 0.370 e. The van der Waals surface area contributed by atoms with Crippen molar-refractivity contribution in [1.82, 2.24) is 5.32 Å². The van der Waals surface area contributed by atoms with E-state index in [9.17, 15) is 9.18 Å². The Kier molecular flexibility index (Phi) is 5.17. The van der Waals surface area contributed by atoms with Crippen molar-refractivity contribution in [2.24, 2.45) is 0 Å². The molecule has 0 bridgehead atoms. The van der Waals surface area contributed by atoms with Gasteiger partial charge in [-0.1, -0.05) is 0 Å². The van der Waals surface area contributed by atoms with E-state index in [4.69, 9.17) is 0 Å². The smallest absolute Gasteiger partial charge is 0.225 e. The lowest BCUT2D eigenvalue weighted by Gasteiger charge is -2.24. The number of nitrogens with zero attached hydrogens (tertiary/aromatic N) is 1. The topological polar surface area (TPSA) is 44.4 Å². The van der Waals surface area contributed by atoms with E-state index in [1.54, 1.807) is 12.1 Å². The van der Waals surface area contributed by atoms with Crippen LogP contribution in [-0.4, -0.2) is 31.6 Å². The van der Waals surface area contributed by atoms with Crippen LogP contribution in [0.4, 0.5) is 15.8 Å². The molecule has 1 aliphatic rings. The first-order chi connectivity index (χ1) is 9.97. The molecule has 21 heavy (non-hydrogen) atoms. The van der Waals surface area contributed by atoms with Gasteiger partial charge in [0.1, 0.15) is 5.82 Å². The van der Waals surface area contributed by atoms with Crippen LogP contribution in [-0.2, 0) is 4.79 Å². The summed E-state index contributed by atoms with van der Waals surface area (Å²) in [7, 11) is 1.85. The van der Waals surface area contributed by atoms with Gasteiger partial charge in [0.15, 0.2) is 0 Å². The summed E-state index contributed by atoms with van der Waals surface area (Å²) >= 11 is 0. The van der Waals surface area contributed by atoms with E-state index in [1.807, 2.05) is 25.8 Å². The third-order valence-corrected chi connectivity index (χ3v) is 3.98. The first kappa shape index (κ1) is 15.8. The second-order valence-electron chi connectivity index (χ2n) is 5.92. The highest BCUT2D eigenvalue weighted by Gasteiger charge is 2.18. The zero-order valence-electron chi connectivity index (χ0n) is 12.9. The molecule has 1 aromatic carbocycles. The van der Waals surface area contributed by atoms with Gasteiger partial charge in [0, 0.05) is 31.2 Å². The highest BCUT2D eigenvalue weighted by Crippen LogP contribution is 2.23. The molecule has 0 saturated carbocycles. The molecule has 0 spiro atoms. The van der Waals surface area contributed by atoms with E-state index in [1.165, 1.54) is 6.07 Å². The van der Waals surface area contributed by atoms with Crippen molar-refractivity contribution in [2.75, 3.05) is 23.8 Å². The van der Waals surface area contributed by atoms with Crippen LogP contribution >= 0.6 is 0 Å². The van der Waals surface area contributed by atoms with Crippen LogP contribution in [0.25, 0.3) is 0 Å². The number of amides is 1. The fraction of sp³-hybridized carbons (Fsp3) is 0.562. The Hall–Kier alpha value is -1.62. The number of halogens is 1. The van der Waals surface area contributed by atoms with Gasteiger partial charge in [0.05, 0.1) is 5.69 Å². The van der Waals surface area contributed by atoms with Gasteiger partial charge in [0.2, 0.25) is 5.91 Å². The van der Waals surface area contributed by atoms with Crippen molar-refractivity contribution in [3.05, 3.63) is 24.0 Å². The molecule has 1 heterocycles. The predicted molar refractivity (Wildman–Crippen MR) is 84.2 cm³/mol. The van der Waals surface area contributed by atoms with Crippen LogP contribution < -0.4 is 15.5 Å². The molecule has 1 aliphatic heterocycles. The van der Waals surface area contributed by atoms with Gasteiger partial charge in [-0.15, -0.1) is 0 Å². The molecule has 4 nitrogen and oxygen atoms in total. The monoisotopic (exact) mass is 293 g/mol. The first-order valence-electron chi connectivity index (χ1n) is 7.53. The SMILES string of the molecule is CC(C)N(C)c1ccc(NC(=O)CC2CCCN2)cc1F. The number of anilines is 2. The average molecular weight is 293 g/mol. The Labute approximate surface area is 125 Å². The molecule has 1 aromatic rings. The maximum atomic E-state index is 14.1. The fourth-order valence-corrected chi connectivity index (χ4v) is 2.52. The van der Waals surface area contributed by atoms with Crippen LogP contribution in [0.1, 0.15) is 33.1 Å². The van der Waals surface area contributed by atoms with Crippen molar-refractivity contribution in [1.29, 1.82) is 0 Å². The molecule has 1 saturated heterocycles. The highest BCUT2D eigenvalue weighted by molar-refractivity contribution is 5.91. The van der Waals surface area contributed by atoms with Gasteiger partial charge < -0.3 is 15.5 Å². The lowest BCUT2D eigenvalue weighted by Crippen LogP contribution is -2.28. The summed E-state index contributed by atoms with van der Waals surface area (Å²) < 4.78 is 14.1. The molecule has 1 atom stereocenters. The number of benzene rings is 1. The minimum Gasteiger partial charge on any atom is -0.370 e. The Balaban J connectivity index is 1.97. The normalized spacial score (nSPS) is 18.0. The van der Waals surface area contributed by atoms with Crippen molar-refractivity contribution >= 4 is 17.3 Å². The molecule has 116 valence electrons. The maximum absolute atomic E-state index is 14.1. The Bertz CT molecular complexity index is 498. The van der Waals surface area contributed by atoms with Crippen LogP contribution in [0.3, 0.4) is 0 Å². The zero-order valence-corrected chi connectivity index (χ0v) is 12.9. The van der Waals surface area contributed by atoms with Crippen molar-refractivity contribution in [3.63, 3.8) is 0 Å². The number of hydrogen-bond donors (Lipinski definition) is 2. The summed E-state index contributed by atoms with van der Waals surface area (Å²) in [6.45, 7) is 4.98. The van der Waals surface area contributed by atoms with Gasteiger partial charge in [-0.25, -0.2) is 4.39 Å². The van der Waals surface area contributed by atoms with E-state index in [-0.39, 0.29) is 23.8 Å². The minimum absolute atomic E-state index is 0.0706. The second kappa shape index (κ2) is 6.89. The number of hydrogen-bond acceptors (Lipinski definition) is 3. The molecule has 0 aliphatic carbocycles. The summed E-state index contributed by atoms with van der Waals surface area (Å²) in [6.07, 6.45) is 2.58. The van der Waals surface area contributed by atoms with Crippen LogP contribution in [0, 0.1) is 5.82 Å². The number of nitrogens with one attached hydrogen (secondary N) is 2. The van der Waals surface area contributed by atoms with Gasteiger partial charge in [0.25, 0.3) is 0 Å². The van der Waals surface area contributed by atoms with Crippen LogP contribution in [0.5, 0.6) is 0 Å². The zero-order chi connectivity index (χ0) is 15.4. The molecule has 1 unspecified atom stereocenters. The summed E-state index contributed by atoms with van der Waals surface area (Å²) in [4.78, 5) is 13.8. The molecule has 5 heteroatoms. The van der Waals surface area contributed by atoms with Crippen LogP contribution in [0.2, 0.25) is 0 Å². The summed E-state index contributed by atoms with van der Waals surface area (Å²) in [6, 6.07) is 5.30. The summed E-state index contributed by atoms with van der Waals surface area (Å²) in [5.41, 5.74) is 1.05. The molecule has 0 radical (unpaired) electrons. The molecule has 0 aromatic heterocycles. The first-order valence-corrected chi connectivity index (χ1v) is 7.53. The van der Waals surface area contributed by atoms with Crippen molar-refractivity contribution < 1.29 is 9.18 Å². The average Bonchev–Trinajstić information content (AvgIpc) is 2.90. The van der Waals surface area contributed by atoms with Crippen LogP contribution in [0.15, 0.2) is 18.2 Å². The maximum Gasteiger partial charge on any atom is 0.225 e. The Morgan fingerprint density at radius 2 is 2.29 bits per heavy atom. The molecule has 1 fully saturated rings. The predicted octanol–water partition coefficient (Wildman–Crippen LogP) is 2.75. The van der Waals surface area contributed by atoms with Gasteiger partial charge in [-0.2, -0.15) is 0 Å². The van der Waals surface area contributed by atoms with Crippen molar-refractivity contribution in [3.8, 4) is 0 Å². The summed E-state index contributed by atoms with van der Waals surface area (Å²) in [5.74, 6) is -0.387. The third kappa shape index (κ3) is 4.17. The lowest BCUT2D eigenvalue weighted by atomic mass is 10.1. The molecular formula is C16H24FN3O. The Morgan fingerprint density at radius 3 is 2.86 bits per heavy atom. The molecular weight excluding hydrogens is 269 g/mol. The third-order valence-electron chi connectivity index (χ3n) is 3.98.